The summed E-state index contributed by atoms with van der Waals surface area (Å²) in [6.07, 6.45) is 1.30. The largest absolute Gasteiger partial charge is 0.466 e. The second-order valence-corrected chi connectivity index (χ2v) is 9.43. The van der Waals surface area contributed by atoms with Gasteiger partial charge in [0.1, 0.15) is 5.03 Å². The summed E-state index contributed by atoms with van der Waals surface area (Å²) in [7, 11) is 0. The van der Waals surface area contributed by atoms with Crippen molar-refractivity contribution in [2.45, 2.75) is 37.5 Å². The lowest BCUT2D eigenvalue weighted by molar-refractivity contribution is -0.149. The fraction of sp³-hybridized carbons (Fsp3) is 0.333. The Morgan fingerprint density at radius 3 is 2.47 bits per heavy atom. The SMILES string of the molecule is CCOC(=O)C1CCN(C(=O)c2cccc(CSc3ccc(-c4ccc(C)cc4)nn3)c2)CC1. The lowest BCUT2D eigenvalue weighted by Gasteiger charge is -2.31. The van der Waals surface area contributed by atoms with Crippen LogP contribution in [-0.2, 0) is 15.3 Å². The van der Waals surface area contributed by atoms with Gasteiger partial charge < -0.3 is 9.64 Å². The molecule has 6 nitrogen and oxygen atoms in total. The van der Waals surface area contributed by atoms with Crippen LogP contribution in [0.3, 0.4) is 0 Å². The van der Waals surface area contributed by atoms with Gasteiger partial charge in [0, 0.05) is 30.0 Å². The molecule has 0 bridgehead atoms. The average molecular weight is 476 g/mol. The molecule has 0 radical (unpaired) electrons. The number of ether oxygens (including phenoxy) is 1. The Labute approximate surface area is 204 Å². The van der Waals surface area contributed by atoms with E-state index >= 15 is 0 Å². The Morgan fingerprint density at radius 1 is 1.03 bits per heavy atom. The Hall–Kier alpha value is -3.19. The molecule has 2 heterocycles. The molecule has 0 N–H and O–H groups in total. The van der Waals surface area contributed by atoms with Crippen LogP contribution in [0.5, 0.6) is 0 Å². The minimum absolute atomic E-state index is 0.0106. The minimum atomic E-state index is -0.149. The van der Waals surface area contributed by atoms with E-state index < -0.39 is 0 Å². The molecule has 34 heavy (non-hydrogen) atoms. The van der Waals surface area contributed by atoms with E-state index in [1.807, 2.05) is 60.4 Å². The van der Waals surface area contributed by atoms with Gasteiger partial charge >= 0.3 is 5.97 Å². The van der Waals surface area contributed by atoms with Gasteiger partial charge in [0.25, 0.3) is 5.91 Å². The van der Waals surface area contributed by atoms with Crippen LogP contribution >= 0.6 is 11.8 Å². The molecule has 1 aliphatic rings. The minimum Gasteiger partial charge on any atom is -0.466 e. The van der Waals surface area contributed by atoms with Crippen molar-refractivity contribution in [3.05, 3.63) is 77.4 Å². The number of amides is 1. The molecule has 176 valence electrons. The number of carbonyl (C=O) groups excluding carboxylic acids is 2. The maximum atomic E-state index is 13.0. The van der Waals surface area contributed by atoms with Gasteiger partial charge in [-0.05, 0) is 56.5 Å². The highest BCUT2D eigenvalue weighted by atomic mass is 32.2. The Balaban J connectivity index is 1.32. The van der Waals surface area contributed by atoms with E-state index in [0.29, 0.717) is 43.9 Å². The van der Waals surface area contributed by atoms with Crippen LogP contribution in [-0.4, -0.2) is 46.7 Å². The zero-order chi connectivity index (χ0) is 23.9. The first-order chi connectivity index (χ1) is 16.5. The number of likely N-dealkylation sites (tertiary alicyclic amines) is 1. The number of esters is 1. The zero-order valence-corrected chi connectivity index (χ0v) is 20.4. The van der Waals surface area contributed by atoms with Crippen molar-refractivity contribution in [1.29, 1.82) is 0 Å². The number of hydrogen-bond donors (Lipinski definition) is 0. The first kappa shape index (κ1) is 24.0. The van der Waals surface area contributed by atoms with Gasteiger partial charge in [-0.2, -0.15) is 0 Å². The van der Waals surface area contributed by atoms with Crippen molar-refractivity contribution >= 4 is 23.6 Å². The third-order valence-corrected chi connectivity index (χ3v) is 6.94. The molecule has 0 aliphatic carbocycles. The van der Waals surface area contributed by atoms with E-state index in [1.54, 1.807) is 11.8 Å². The molecule has 1 saturated heterocycles. The summed E-state index contributed by atoms with van der Waals surface area (Å²) < 4.78 is 5.12. The van der Waals surface area contributed by atoms with Crippen LogP contribution < -0.4 is 0 Å². The lowest BCUT2D eigenvalue weighted by atomic mass is 9.96. The molecular weight excluding hydrogens is 446 g/mol. The first-order valence-electron chi connectivity index (χ1n) is 11.6. The Kier molecular flexibility index (Phi) is 7.95. The summed E-state index contributed by atoms with van der Waals surface area (Å²) in [5, 5.41) is 9.56. The number of hydrogen-bond acceptors (Lipinski definition) is 6. The topological polar surface area (TPSA) is 72.4 Å². The monoisotopic (exact) mass is 475 g/mol. The van der Waals surface area contributed by atoms with Gasteiger partial charge in [0.2, 0.25) is 0 Å². The van der Waals surface area contributed by atoms with Crippen molar-refractivity contribution in [3.8, 4) is 11.3 Å². The van der Waals surface area contributed by atoms with Crippen molar-refractivity contribution in [1.82, 2.24) is 15.1 Å². The maximum Gasteiger partial charge on any atom is 0.309 e. The first-order valence-corrected chi connectivity index (χ1v) is 12.6. The lowest BCUT2D eigenvalue weighted by Crippen LogP contribution is -2.40. The Bertz CT molecular complexity index is 1120. The van der Waals surface area contributed by atoms with Crippen LogP contribution in [0.2, 0.25) is 0 Å². The number of aryl methyl sites for hydroxylation is 1. The van der Waals surface area contributed by atoms with Crippen LogP contribution in [0.4, 0.5) is 0 Å². The summed E-state index contributed by atoms with van der Waals surface area (Å²) in [6.45, 7) is 5.42. The summed E-state index contributed by atoms with van der Waals surface area (Å²) in [5.41, 5.74) is 4.84. The maximum absolute atomic E-state index is 13.0. The normalized spacial score (nSPS) is 14.1. The predicted octanol–water partition coefficient (Wildman–Crippen LogP) is 5.16. The van der Waals surface area contributed by atoms with Crippen LogP contribution in [0, 0.1) is 12.8 Å². The highest BCUT2D eigenvalue weighted by Crippen LogP contribution is 2.25. The number of rotatable bonds is 7. The van der Waals surface area contributed by atoms with E-state index in [4.69, 9.17) is 4.74 Å². The van der Waals surface area contributed by atoms with Crippen molar-refractivity contribution in [2.75, 3.05) is 19.7 Å². The van der Waals surface area contributed by atoms with Gasteiger partial charge in [0.15, 0.2) is 0 Å². The molecule has 1 aromatic heterocycles. The number of nitrogens with zero attached hydrogens (tertiary/aromatic N) is 3. The second kappa shape index (κ2) is 11.3. The molecule has 4 rings (SSSR count). The van der Waals surface area contributed by atoms with E-state index in [2.05, 4.69) is 29.3 Å². The highest BCUT2D eigenvalue weighted by Gasteiger charge is 2.28. The molecule has 0 unspecified atom stereocenters. The van der Waals surface area contributed by atoms with Crippen molar-refractivity contribution in [2.24, 2.45) is 5.92 Å². The number of aromatic nitrogens is 2. The summed E-state index contributed by atoms with van der Waals surface area (Å²) in [4.78, 5) is 26.8. The molecule has 1 amide bonds. The van der Waals surface area contributed by atoms with Gasteiger partial charge in [0.05, 0.1) is 18.2 Å². The van der Waals surface area contributed by atoms with E-state index in [1.165, 1.54) is 5.56 Å². The Morgan fingerprint density at radius 2 is 1.79 bits per heavy atom. The van der Waals surface area contributed by atoms with Crippen LogP contribution in [0.15, 0.2) is 65.7 Å². The molecule has 7 heteroatoms. The van der Waals surface area contributed by atoms with Gasteiger partial charge in [-0.15, -0.1) is 10.2 Å². The fourth-order valence-corrected chi connectivity index (χ4v) is 4.74. The van der Waals surface area contributed by atoms with Gasteiger partial charge in [-0.3, -0.25) is 9.59 Å². The van der Waals surface area contributed by atoms with E-state index in [-0.39, 0.29) is 17.8 Å². The zero-order valence-electron chi connectivity index (χ0n) is 19.6. The predicted molar refractivity (Wildman–Crippen MR) is 133 cm³/mol. The number of benzene rings is 2. The average Bonchev–Trinajstić information content (AvgIpc) is 2.88. The third-order valence-electron chi connectivity index (χ3n) is 5.95. The molecule has 0 atom stereocenters. The standard InChI is InChI=1S/C27H29N3O3S/c1-3-33-27(32)22-13-15-30(16-14-22)26(31)23-6-4-5-20(17-23)18-34-25-12-11-24(28-29-25)21-9-7-19(2)8-10-21/h4-12,17,22H,3,13-16,18H2,1-2H3. The van der Waals surface area contributed by atoms with Crippen LogP contribution in [0.1, 0.15) is 41.3 Å². The second-order valence-electron chi connectivity index (χ2n) is 8.43. The summed E-state index contributed by atoms with van der Waals surface area (Å²) >= 11 is 1.59. The summed E-state index contributed by atoms with van der Waals surface area (Å²) in [6, 6.07) is 19.9. The summed E-state index contributed by atoms with van der Waals surface area (Å²) in [5.74, 6) is 0.454. The molecule has 3 aromatic rings. The number of carbonyl (C=O) groups is 2. The molecule has 2 aromatic carbocycles. The van der Waals surface area contributed by atoms with E-state index in [9.17, 15) is 9.59 Å². The number of thioether (sulfide) groups is 1. The van der Waals surface area contributed by atoms with Crippen molar-refractivity contribution in [3.63, 3.8) is 0 Å². The third kappa shape index (κ3) is 6.03. The quantitative estimate of drug-likeness (QED) is 0.347. The molecular formula is C27H29N3O3S. The van der Waals surface area contributed by atoms with Crippen molar-refractivity contribution < 1.29 is 14.3 Å². The molecule has 1 fully saturated rings. The van der Waals surface area contributed by atoms with Gasteiger partial charge in [-0.1, -0.05) is 53.7 Å². The highest BCUT2D eigenvalue weighted by molar-refractivity contribution is 7.98. The molecule has 0 spiro atoms. The molecule has 1 aliphatic heterocycles. The fourth-order valence-electron chi connectivity index (χ4n) is 3.99. The van der Waals surface area contributed by atoms with Crippen LogP contribution in [0.25, 0.3) is 11.3 Å². The smallest absolute Gasteiger partial charge is 0.309 e. The number of piperidine rings is 1. The molecule has 0 saturated carbocycles. The van der Waals surface area contributed by atoms with Gasteiger partial charge in [-0.25, -0.2) is 0 Å². The van der Waals surface area contributed by atoms with E-state index in [0.717, 1.165) is 21.8 Å².